The minimum Gasteiger partial charge on any atom is -0.324 e. The summed E-state index contributed by atoms with van der Waals surface area (Å²) in [5.74, 6) is -0.340. The summed E-state index contributed by atoms with van der Waals surface area (Å²) in [5, 5.41) is 5.94. The molecule has 0 saturated carbocycles. The van der Waals surface area contributed by atoms with Gasteiger partial charge in [-0.3, -0.25) is 14.6 Å². The summed E-state index contributed by atoms with van der Waals surface area (Å²) in [4.78, 5) is 27.5. The molecule has 0 aliphatic carbocycles. The molecule has 2 rings (SSSR count). The van der Waals surface area contributed by atoms with Gasteiger partial charge in [0.2, 0.25) is 11.8 Å². The Hall–Kier alpha value is -2.40. The minimum atomic E-state index is -0.224. The first-order valence-electron chi connectivity index (χ1n) is 7.31. The molecule has 0 radical (unpaired) electrons. The topological polar surface area (TPSA) is 71.1 Å². The van der Waals surface area contributed by atoms with Crippen LogP contribution in [0.5, 0.6) is 0 Å². The Labute approximate surface area is 140 Å². The second-order valence-corrected chi connectivity index (χ2v) is 5.53. The second kappa shape index (κ2) is 8.29. The second-order valence-electron chi connectivity index (χ2n) is 5.09. The van der Waals surface area contributed by atoms with Crippen LogP contribution in [0.4, 0.5) is 11.4 Å². The van der Waals surface area contributed by atoms with Crippen molar-refractivity contribution in [2.45, 2.75) is 26.2 Å². The standard InChI is InChI=1S/C17H18ClN3O2/c1-12(22)20-16-11-13(18)8-9-15(16)21-17(23)7-4-6-14-5-2-3-10-19-14/h2-3,5,8-11H,4,6-7H2,1H3,(H,20,22)(H,21,23). The van der Waals surface area contributed by atoms with Crippen molar-refractivity contribution in [3.8, 4) is 0 Å². The first kappa shape index (κ1) is 17.0. The molecule has 6 heteroatoms. The lowest BCUT2D eigenvalue weighted by Gasteiger charge is -2.12. The number of aryl methyl sites for hydroxylation is 1. The number of hydrogen-bond acceptors (Lipinski definition) is 3. The summed E-state index contributed by atoms with van der Waals surface area (Å²) in [6.07, 6.45) is 3.56. The van der Waals surface area contributed by atoms with Gasteiger partial charge in [-0.15, -0.1) is 0 Å². The summed E-state index contributed by atoms with van der Waals surface area (Å²) >= 11 is 5.92. The average Bonchev–Trinajstić information content (AvgIpc) is 2.50. The molecule has 120 valence electrons. The van der Waals surface area contributed by atoms with Crippen molar-refractivity contribution < 1.29 is 9.59 Å². The van der Waals surface area contributed by atoms with Crippen molar-refractivity contribution in [1.29, 1.82) is 0 Å². The molecule has 2 amide bonds. The van der Waals surface area contributed by atoms with Crippen LogP contribution in [0.1, 0.15) is 25.5 Å². The summed E-state index contributed by atoms with van der Waals surface area (Å²) in [5.41, 5.74) is 1.99. The SMILES string of the molecule is CC(=O)Nc1cc(Cl)ccc1NC(=O)CCCc1ccccn1. The van der Waals surface area contributed by atoms with E-state index >= 15 is 0 Å². The molecule has 2 aromatic rings. The maximum Gasteiger partial charge on any atom is 0.224 e. The summed E-state index contributed by atoms with van der Waals surface area (Å²) in [6.45, 7) is 1.40. The Kier molecular flexibility index (Phi) is 6.11. The monoisotopic (exact) mass is 331 g/mol. The van der Waals surface area contributed by atoms with E-state index in [0.717, 1.165) is 12.1 Å². The maximum atomic E-state index is 12.0. The number of anilines is 2. The van der Waals surface area contributed by atoms with Gasteiger partial charge < -0.3 is 10.6 Å². The van der Waals surface area contributed by atoms with Gasteiger partial charge in [0.15, 0.2) is 0 Å². The zero-order valence-electron chi connectivity index (χ0n) is 12.8. The van der Waals surface area contributed by atoms with Gasteiger partial charge in [-0.1, -0.05) is 17.7 Å². The normalized spacial score (nSPS) is 10.2. The van der Waals surface area contributed by atoms with Crippen LogP contribution >= 0.6 is 11.6 Å². The van der Waals surface area contributed by atoms with E-state index in [1.807, 2.05) is 18.2 Å². The largest absolute Gasteiger partial charge is 0.324 e. The van der Waals surface area contributed by atoms with Crippen LogP contribution in [0.3, 0.4) is 0 Å². The number of hydrogen-bond donors (Lipinski definition) is 2. The first-order chi connectivity index (χ1) is 11.0. The highest BCUT2D eigenvalue weighted by molar-refractivity contribution is 6.31. The van der Waals surface area contributed by atoms with Gasteiger partial charge in [-0.2, -0.15) is 0 Å². The van der Waals surface area contributed by atoms with Crippen molar-refractivity contribution >= 4 is 34.8 Å². The lowest BCUT2D eigenvalue weighted by atomic mass is 10.1. The summed E-state index contributed by atoms with van der Waals surface area (Å²) in [7, 11) is 0. The fourth-order valence-electron chi connectivity index (χ4n) is 2.11. The van der Waals surface area contributed by atoms with Gasteiger partial charge in [0, 0.05) is 30.3 Å². The number of benzene rings is 1. The van der Waals surface area contributed by atoms with E-state index < -0.39 is 0 Å². The molecule has 0 spiro atoms. The molecule has 23 heavy (non-hydrogen) atoms. The fraction of sp³-hybridized carbons (Fsp3) is 0.235. The van der Waals surface area contributed by atoms with Crippen molar-refractivity contribution in [3.05, 3.63) is 53.3 Å². The number of carbonyl (C=O) groups is 2. The molecular weight excluding hydrogens is 314 g/mol. The van der Waals surface area contributed by atoms with Crippen LogP contribution in [0.2, 0.25) is 5.02 Å². The molecular formula is C17H18ClN3O2. The third-order valence-corrected chi connectivity index (χ3v) is 3.36. The lowest BCUT2D eigenvalue weighted by molar-refractivity contribution is -0.116. The van der Waals surface area contributed by atoms with E-state index in [9.17, 15) is 9.59 Å². The third-order valence-electron chi connectivity index (χ3n) is 3.13. The van der Waals surface area contributed by atoms with Crippen LogP contribution in [-0.2, 0) is 16.0 Å². The Morgan fingerprint density at radius 3 is 2.65 bits per heavy atom. The molecule has 2 N–H and O–H groups in total. The lowest BCUT2D eigenvalue weighted by Crippen LogP contribution is -2.15. The zero-order chi connectivity index (χ0) is 16.7. The average molecular weight is 332 g/mol. The van der Waals surface area contributed by atoms with Crippen molar-refractivity contribution in [1.82, 2.24) is 4.98 Å². The smallest absolute Gasteiger partial charge is 0.224 e. The number of rotatable bonds is 6. The quantitative estimate of drug-likeness (QED) is 0.848. The van der Waals surface area contributed by atoms with E-state index in [4.69, 9.17) is 11.6 Å². The van der Waals surface area contributed by atoms with Gasteiger partial charge in [0.05, 0.1) is 11.4 Å². The van der Waals surface area contributed by atoms with E-state index in [1.54, 1.807) is 24.4 Å². The van der Waals surface area contributed by atoms with Crippen LogP contribution in [0.25, 0.3) is 0 Å². The molecule has 0 bridgehead atoms. The van der Waals surface area contributed by atoms with E-state index in [1.165, 1.54) is 6.92 Å². The fourth-order valence-corrected chi connectivity index (χ4v) is 2.28. The molecule has 1 heterocycles. The Morgan fingerprint density at radius 2 is 1.96 bits per heavy atom. The van der Waals surface area contributed by atoms with Crippen LogP contribution in [0, 0.1) is 0 Å². The molecule has 1 aromatic heterocycles. The Morgan fingerprint density at radius 1 is 1.13 bits per heavy atom. The van der Waals surface area contributed by atoms with Crippen LogP contribution < -0.4 is 10.6 Å². The molecule has 5 nitrogen and oxygen atoms in total. The molecule has 0 atom stereocenters. The number of nitrogens with one attached hydrogen (secondary N) is 2. The summed E-state index contributed by atoms with van der Waals surface area (Å²) in [6, 6.07) is 10.7. The van der Waals surface area contributed by atoms with Crippen LogP contribution in [0.15, 0.2) is 42.6 Å². The molecule has 0 fully saturated rings. The van der Waals surface area contributed by atoms with Crippen molar-refractivity contribution in [2.75, 3.05) is 10.6 Å². The third kappa shape index (κ3) is 5.71. The number of nitrogens with zero attached hydrogens (tertiary/aromatic N) is 1. The number of halogens is 1. The van der Waals surface area contributed by atoms with Gasteiger partial charge >= 0.3 is 0 Å². The van der Waals surface area contributed by atoms with Gasteiger partial charge in [0.1, 0.15) is 0 Å². The van der Waals surface area contributed by atoms with Gasteiger partial charge in [0.25, 0.3) is 0 Å². The predicted octanol–water partition coefficient (Wildman–Crippen LogP) is 3.65. The van der Waals surface area contributed by atoms with E-state index in [0.29, 0.717) is 29.2 Å². The molecule has 0 aliphatic heterocycles. The van der Waals surface area contributed by atoms with Crippen LogP contribution in [-0.4, -0.2) is 16.8 Å². The first-order valence-corrected chi connectivity index (χ1v) is 7.69. The van der Waals surface area contributed by atoms with Crippen molar-refractivity contribution in [2.24, 2.45) is 0 Å². The Balaban J connectivity index is 1.91. The maximum absolute atomic E-state index is 12.0. The number of pyridine rings is 1. The van der Waals surface area contributed by atoms with Crippen molar-refractivity contribution in [3.63, 3.8) is 0 Å². The highest BCUT2D eigenvalue weighted by atomic mass is 35.5. The highest BCUT2D eigenvalue weighted by Gasteiger charge is 2.09. The zero-order valence-corrected chi connectivity index (χ0v) is 13.6. The number of aromatic nitrogens is 1. The highest BCUT2D eigenvalue weighted by Crippen LogP contribution is 2.26. The van der Waals surface area contributed by atoms with Gasteiger partial charge in [-0.25, -0.2) is 0 Å². The minimum absolute atomic E-state index is 0.116. The molecule has 1 aromatic carbocycles. The number of amides is 2. The summed E-state index contributed by atoms with van der Waals surface area (Å²) < 4.78 is 0. The molecule has 0 unspecified atom stereocenters. The van der Waals surface area contributed by atoms with E-state index in [2.05, 4.69) is 15.6 Å². The molecule has 0 aliphatic rings. The Bertz CT molecular complexity index is 689. The van der Waals surface area contributed by atoms with E-state index in [-0.39, 0.29) is 11.8 Å². The predicted molar refractivity (Wildman–Crippen MR) is 91.6 cm³/mol. The molecule has 0 saturated heterocycles. The van der Waals surface area contributed by atoms with Gasteiger partial charge in [-0.05, 0) is 43.2 Å². The number of carbonyl (C=O) groups excluding carboxylic acids is 2.